The number of esters is 1. The highest BCUT2D eigenvalue weighted by Crippen LogP contribution is 2.20. The Kier molecular flexibility index (Phi) is 4.43. The van der Waals surface area contributed by atoms with E-state index in [-0.39, 0.29) is 16.9 Å². The molecule has 1 amide bonds. The van der Waals surface area contributed by atoms with Crippen molar-refractivity contribution in [2.75, 3.05) is 0 Å². The van der Waals surface area contributed by atoms with Crippen LogP contribution in [-0.4, -0.2) is 11.9 Å². The summed E-state index contributed by atoms with van der Waals surface area (Å²) < 4.78 is 10.2. The number of nitrogens with two attached hydrogens (primary N) is 1. The molecule has 3 rings (SSSR count). The molecule has 0 spiro atoms. The van der Waals surface area contributed by atoms with Crippen LogP contribution in [0.25, 0.3) is 17.0 Å². The van der Waals surface area contributed by atoms with E-state index in [1.807, 2.05) is 30.3 Å². The van der Waals surface area contributed by atoms with Gasteiger partial charge in [0.25, 0.3) is 5.91 Å². The molecule has 0 aliphatic heterocycles. The van der Waals surface area contributed by atoms with E-state index < -0.39 is 17.5 Å². The topological polar surface area (TPSA) is 99.6 Å². The molecule has 0 aliphatic carbocycles. The van der Waals surface area contributed by atoms with Crippen LogP contribution < -0.4 is 16.1 Å². The SMILES string of the molecule is NC(=O)c1cc2ccc(OC(=O)/C=C/c3ccccc3)cc2oc1=O. The van der Waals surface area contributed by atoms with Crippen LogP contribution in [0.5, 0.6) is 5.75 Å². The summed E-state index contributed by atoms with van der Waals surface area (Å²) in [6, 6.07) is 15.1. The first-order chi connectivity index (χ1) is 12.0. The number of benzene rings is 2. The molecule has 0 aliphatic rings. The third kappa shape index (κ3) is 3.81. The molecule has 0 radical (unpaired) electrons. The number of hydrogen-bond acceptors (Lipinski definition) is 5. The predicted octanol–water partition coefficient (Wildman–Crippen LogP) is 2.51. The van der Waals surface area contributed by atoms with E-state index in [2.05, 4.69) is 0 Å². The van der Waals surface area contributed by atoms with Gasteiger partial charge in [0.05, 0.1) is 0 Å². The minimum atomic E-state index is -0.864. The van der Waals surface area contributed by atoms with Gasteiger partial charge in [0.15, 0.2) is 0 Å². The van der Waals surface area contributed by atoms with Crippen molar-refractivity contribution in [1.82, 2.24) is 0 Å². The van der Waals surface area contributed by atoms with E-state index in [1.54, 1.807) is 12.1 Å². The second-order valence-corrected chi connectivity index (χ2v) is 5.18. The van der Waals surface area contributed by atoms with Crippen LogP contribution in [0.15, 0.2) is 69.9 Å². The summed E-state index contributed by atoms with van der Waals surface area (Å²) >= 11 is 0. The lowest BCUT2D eigenvalue weighted by atomic mass is 10.2. The number of primary amides is 1. The third-order valence-electron chi connectivity index (χ3n) is 3.40. The van der Waals surface area contributed by atoms with Crippen LogP contribution in [0.1, 0.15) is 15.9 Å². The maximum absolute atomic E-state index is 11.9. The molecule has 124 valence electrons. The molecule has 0 unspecified atom stereocenters. The van der Waals surface area contributed by atoms with Gasteiger partial charge >= 0.3 is 11.6 Å². The van der Waals surface area contributed by atoms with Crippen molar-refractivity contribution < 1.29 is 18.7 Å². The van der Waals surface area contributed by atoms with Crippen molar-refractivity contribution in [1.29, 1.82) is 0 Å². The van der Waals surface area contributed by atoms with Crippen LogP contribution >= 0.6 is 0 Å². The number of hydrogen-bond donors (Lipinski definition) is 1. The highest BCUT2D eigenvalue weighted by Gasteiger charge is 2.11. The maximum Gasteiger partial charge on any atom is 0.349 e. The molecular weight excluding hydrogens is 322 g/mol. The van der Waals surface area contributed by atoms with Crippen LogP contribution in [0, 0.1) is 0 Å². The van der Waals surface area contributed by atoms with Crippen molar-refractivity contribution in [3.63, 3.8) is 0 Å². The van der Waals surface area contributed by atoms with E-state index in [4.69, 9.17) is 14.9 Å². The second kappa shape index (κ2) is 6.84. The quantitative estimate of drug-likeness (QED) is 0.342. The van der Waals surface area contributed by atoms with E-state index in [0.717, 1.165) is 5.56 Å². The maximum atomic E-state index is 11.9. The van der Waals surface area contributed by atoms with Crippen LogP contribution in [-0.2, 0) is 4.79 Å². The van der Waals surface area contributed by atoms with Gasteiger partial charge in [0.2, 0.25) is 0 Å². The molecule has 6 heteroatoms. The van der Waals surface area contributed by atoms with E-state index in [0.29, 0.717) is 5.39 Å². The average Bonchev–Trinajstić information content (AvgIpc) is 2.60. The Balaban J connectivity index is 1.81. The Hall–Kier alpha value is -3.67. The molecule has 6 nitrogen and oxygen atoms in total. The summed E-state index contributed by atoms with van der Waals surface area (Å²) in [4.78, 5) is 34.7. The first kappa shape index (κ1) is 16.2. The van der Waals surface area contributed by atoms with Crippen molar-refractivity contribution in [3.05, 3.63) is 82.2 Å². The minimum Gasteiger partial charge on any atom is -0.423 e. The molecule has 0 saturated heterocycles. The highest BCUT2D eigenvalue weighted by molar-refractivity contribution is 5.95. The fourth-order valence-electron chi connectivity index (χ4n) is 2.21. The van der Waals surface area contributed by atoms with E-state index >= 15 is 0 Å². The van der Waals surface area contributed by atoms with Gasteiger partial charge in [0, 0.05) is 17.5 Å². The molecule has 0 bridgehead atoms. The molecule has 3 aromatic rings. The Bertz CT molecular complexity index is 1030. The number of amides is 1. The van der Waals surface area contributed by atoms with Gasteiger partial charge in [-0.2, -0.15) is 0 Å². The second-order valence-electron chi connectivity index (χ2n) is 5.18. The summed E-state index contributed by atoms with van der Waals surface area (Å²) in [5.74, 6) is -1.22. The molecule has 1 aromatic heterocycles. The van der Waals surface area contributed by atoms with Gasteiger partial charge in [-0.05, 0) is 29.8 Å². The van der Waals surface area contributed by atoms with Gasteiger partial charge in [0.1, 0.15) is 16.9 Å². The molecule has 0 atom stereocenters. The number of ether oxygens (including phenoxy) is 1. The summed E-state index contributed by atoms with van der Waals surface area (Å²) in [7, 11) is 0. The standard InChI is InChI=1S/C19H13NO5/c20-18(22)15-10-13-7-8-14(11-16(13)25-19(15)23)24-17(21)9-6-12-4-2-1-3-5-12/h1-11H,(H2,20,22)/b9-6+. The first-order valence-electron chi connectivity index (χ1n) is 7.35. The number of carbonyl (C=O) groups excluding carboxylic acids is 2. The monoisotopic (exact) mass is 335 g/mol. The minimum absolute atomic E-state index is 0.187. The van der Waals surface area contributed by atoms with Crippen molar-refractivity contribution >= 4 is 28.9 Å². The van der Waals surface area contributed by atoms with Gasteiger partial charge in [-0.3, -0.25) is 4.79 Å². The zero-order chi connectivity index (χ0) is 17.8. The lowest BCUT2D eigenvalue weighted by Gasteiger charge is -2.03. The van der Waals surface area contributed by atoms with Crippen molar-refractivity contribution in [3.8, 4) is 5.75 Å². The summed E-state index contributed by atoms with van der Waals surface area (Å²) in [6.45, 7) is 0. The Morgan fingerprint density at radius 1 is 1.04 bits per heavy atom. The molecule has 0 saturated carbocycles. The fraction of sp³-hybridized carbons (Fsp3) is 0. The van der Waals surface area contributed by atoms with Gasteiger partial charge in [-0.15, -0.1) is 0 Å². The summed E-state index contributed by atoms with van der Waals surface area (Å²) in [5, 5.41) is 0.494. The van der Waals surface area contributed by atoms with E-state index in [1.165, 1.54) is 24.3 Å². The molecule has 0 fully saturated rings. The lowest BCUT2D eigenvalue weighted by Crippen LogP contribution is -2.20. The van der Waals surface area contributed by atoms with Gasteiger partial charge in [-0.25, -0.2) is 9.59 Å². The van der Waals surface area contributed by atoms with Crippen molar-refractivity contribution in [2.24, 2.45) is 5.73 Å². The predicted molar refractivity (Wildman–Crippen MR) is 92.1 cm³/mol. The van der Waals surface area contributed by atoms with Gasteiger partial charge in [-0.1, -0.05) is 30.3 Å². The molecule has 1 heterocycles. The van der Waals surface area contributed by atoms with Gasteiger partial charge < -0.3 is 14.9 Å². The molecule has 2 N–H and O–H groups in total. The van der Waals surface area contributed by atoms with Crippen LogP contribution in [0.4, 0.5) is 0 Å². The largest absolute Gasteiger partial charge is 0.423 e. The zero-order valence-electron chi connectivity index (χ0n) is 13.0. The number of rotatable bonds is 4. The Morgan fingerprint density at radius 2 is 1.80 bits per heavy atom. The van der Waals surface area contributed by atoms with Crippen LogP contribution in [0.3, 0.4) is 0 Å². The van der Waals surface area contributed by atoms with Crippen molar-refractivity contribution in [2.45, 2.75) is 0 Å². The summed E-state index contributed by atoms with van der Waals surface area (Å²) in [5.41, 5.74) is 5.08. The third-order valence-corrected chi connectivity index (χ3v) is 3.40. The zero-order valence-corrected chi connectivity index (χ0v) is 13.0. The first-order valence-corrected chi connectivity index (χ1v) is 7.35. The lowest BCUT2D eigenvalue weighted by molar-refractivity contribution is -0.128. The molecule has 25 heavy (non-hydrogen) atoms. The average molecular weight is 335 g/mol. The molecule has 2 aromatic carbocycles. The fourth-order valence-corrected chi connectivity index (χ4v) is 2.21. The normalized spacial score (nSPS) is 10.9. The number of carbonyl (C=O) groups is 2. The van der Waals surface area contributed by atoms with Crippen LogP contribution in [0.2, 0.25) is 0 Å². The number of fused-ring (bicyclic) bond motifs is 1. The molecular formula is C19H13NO5. The highest BCUT2D eigenvalue weighted by atomic mass is 16.5. The Labute approximate surface area is 142 Å². The van der Waals surface area contributed by atoms with E-state index in [9.17, 15) is 14.4 Å². The smallest absolute Gasteiger partial charge is 0.349 e. The Morgan fingerprint density at radius 3 is 2.52 bits per heavy atom. The summed E-state index contributed by atoms with van der Waals surface area (Å²) in [6.07, 6.45) is 2.93.